The van der Waals surface area contributed by atoms with Gasteiger partial charge in [-0.2, -0.15) is 5.10 Å². The molecule has 1 aromatic heterocycles. The van der Waals surface area contributed by atoms with Gasteiger partial charge in [-0.3, -0.25) is 9.48 Å². The Balaban J connectivity index is 1.65. The van der Waals surface area contributed by atoms with Crippen molar-refractivity contribution in [1.82, 2.24) is 14.7 Å². The average Bonchev–Trinajstić information content (AvgIpc) is 3.30. The number of likely N-dealkylation sites (N-methyl/N-ethyl adjacent to an activating group) is 1. The number of ether oxygens (including phenoxy) is 1. The first kappa shape index (κ1) is 17.0. The molecule has 2 heterocycles. The van der Waals surface area contributed by atoms with Crippen LogP contribution in [-0.2, 0) is 22.7 Å². The van der Waals surface area contributed by atoms with E-state index in [-0.39, 0.29) is 5.91 Å². The highest BCUT2D eigenvalue weighted by Crippen LogP contribution is 2.25. The first-order valence-electron chi connectivity index (χ1n) is 8.25. The monoisotopic (exact) mass is 342 g/mol. The van der Waals surface area contributed by atoms with Crippen LogP contribution in [0.5, 0.6) is 5.75 Å². The lowest BCUT2D eigenvalue weighted by Gasteiger charge is -2.20. The zero-order valence-corrected chi connectivity index (χ0v) is 14.7. The summed E-state index contributed by atoms with van der Waals surface area (Å²) in [5, 5.41) is 8.33. The molecule has 1 aromatic carbocycles. The number of aryl methyl sites for hydroxylation is 1. The Hall–Kier alpha value is -2.83. The standard InChI is InChI=1S/C18H22N4O3/c1-4-22-13(9-10-19-22)12-21(2)18(23)17-11-15(20-25-17)14-7-5-6-8-16(14)24-3/h5-10,17H,4,11-12H2,1-3H3. The maximum atomic E-state index is 12.7. The van der Waals surface area contributed by atoms with Crippen LogP contribution in [0.1, 0.15) is 24.6 Å². The third-order valence-corrected chi connectivity index (χ3v) is 4.24. The minimum Gasteiger partial charge on any atom is -0.496 e. The SMILES string of the molecule is CCn1nccc1CN(C)C(=O)C1CC(c2ccccc2OC)=NO1. The number of para-hydroxylation sites is 1. The molecule has 0 aliphatic carbocycles. The van der Waals surface area contributed by atoms with E-state index in [1.807, 2.05) is 41.9 Å². The van der Waals surface area contributed by atoms with Crippen LogP contribution in [0.2, 0.25) is 0 Å². The van der Waals surface area contributed by atoms with E-state index in [1.54, 1.807) is 25.3 Å². The van der Waals surface area contributed by atoms with E-state index >= 15 is 0 Å². The summed E-state index contributed by atoms with van der Waals surface area (Å²) in [6, 6.07) is 9.50. The molecule has 1 aliphatic rings. The van der Waals surface area contributed by atoms with Crippen molar-refractivity contribution in [2.45, 2.75) is 32.5 Å². The Morgan fingerprint density at radius 2 is 2.20 bits per heavy atom. The highest BCUT2D eigenvalue weighted by Gasteiger charge is 2.32. The largest absolute Gasteiger partial charge is 0.496 e. The highest BCUT2D eigenvalue weighted by atomic mass is 16.6. The second-order valence-corrected chi connectivity index (χ2v) is 5.87. The topological polar surface area (TPSA) is 69.0 Å². The molecule has 7 heteroatoms. The van der Waals surface area contributed by atoms with E-state index < -0.39 is 6.10 Å². The van der Waals surface area contributed by atoms with Crippen LogP contribution >= 0.6 is 0 Å². The maximum absolute atomic E-state index is 12.7. The van der Waals surface area contributed by atoms with Crippen molar-refractivity contribution in [1.29, 1.82) is 0 Å². The summed E-state index contributed by atoms with van der Waals surface area (Å²) in [7, 11) is 3.38. The fraction of sp³-hybridized carbons (Fsp3) is 0.389. The number of hydrogen-bond acceptors (Lipinski definition) is 5. The molecule has 0 fully saturated rings. The number of methoxy groups -OCH3 is 1. The lowest BCUT2D eigenvalue weighted by molar-refractivity contribution is -0.141. The number of nitrogens with zero attached hydrogens (tertiary/aromatic N) is 4. The van der Waals surface area contributed by atoms with E-state index in [9.17, 15) is 4.79 Å². The highest BCUT2D eigenvalue weighted by molar-refractivity contribution is 6.05. The quantitative estimate of drug-likeness (QED) is 0.806. The summed E-state index contributed by atoms with van der Waals surface area (Å²) in [4.78, 5) is 19.7. The summed E-state index contributed by atoms with van der Waals surface area (Å²) in [5.41, 5.74) is 2.57. The van der Waals surface area contributed by atoms with Crippen molar-refractivity contribution in [2.24, 2.45) is 5.16 Å². The molecule has 1 amide bonds. The van der Waals surface area contributed by atoms with Gasteiger partial charge in [-0.15, -0.1) is 0 Å². The molecule has 3 rings (SSSR count). The summed E-state index contributed by atoms with van der Waals surface area (Å²) in [6.07, 6.45) is 1.56. The lowest BCUT2D eigenvalue weighted by atomic mass is 10.0. The molecule has 2 aromatic rings. The number of hydrogen-bond donors (Lipinski definition) is 0. The Morgan fingerprint density at radius 3 is 2.96 bits per heavy atom. The average molecular weight is 342 g/mol. The molecule has 1 unspecified atom stereocenters. The number of rotatable bonds is 6. The number of aromatic nitrogens is 2. The summed E-state index contributed by atoms with van der Waals surface area (Å²) < 4.78 is 7.23. The van der Waals surface area contributed by atoms with Gasteiger partial charge in [-0.25, -0.2) is 0 Å². The van der Waals surface area contributed by atoms with Crippen molar-refractivity contribution in [3.8, 4) is 5.75 Å². The van der Waals surface area contributed by atoms with Crippen LogP contribution in [0.3, 0.4) is 0 Å². The molecule has 1 aliphatic heterocycles. The van der Waals surface area contributed by atoms with Crippen LogP contribution < -0.4 is 4.74 Å². The van der Waals surface area contributed by atoms with E-state index in [2.05, 4.69) is 10.3 Å². The van der Waals surface area contributed by atoms with Crippen molar-refractivity contribution in [3.63, 3.8) is 0 Å². The molecule has 7 nitrogen and oxygen atoms in total. The molecule has 1 atom stereocenters. The molecule has 0 saturated heterocycles. The van der Waals surface area contributed by atoms with Crippen molar-refractivity contribution >= 4 is 11.6 Å². The first-order valence-corrected chi connectivity index (χ1v) is 8.25. The summed E-state index contributed by atoms with van der Waals surface area (Å²) in [5.74, 6) is 0.621. The molecule has 25 heavy (non-hydrogen) atoms. The number of oxime groups is 1. The zero-order chi connectivity index (χ0) is 17.8. The predicted molar refractivity (Wildman–Crippen MR) is 93.4 cm³/mol. The zero-order valence-electron chi connectivity index (χ0n) is 14.7. The smallest absolute Gasteiger partial charge is 0.267 e. The Labute approximate surface area is 146 Å². The Bertz CT molecular complexity index is 784. The van der Waals surface area contributed by atoms with E-state index in [4.69, 9.17) is 9.57 Å². The number of benzene rings is 1. The molecular formula is C18H22N4O3. The minimum atomic E-state index is -0.608. The van der Waals surface area contributed by atoms with Gasteiger partial charge in [-0.05, 0) is 25.1 Å². The third-order valence-electron chi connectivity index (χ3n) is 4.24. The fourth-order valence-electron chi connectivity index (χ4n) is 2.90. The predicted octanol–water partition coefficient (Wildman–Crippen LogP) is 2.06. The second-order valence-electron chi connectivity index (χ2n) is 5.87. The molecular weight excluding hydrogens is 320 g/mol. The van der Waals surface area contributed by atoms with Gasteiger partial charge in [0.25, 0.3) is 5.91 Å². The third kappa shape index (κ3) is 3.50. The molecule has 132 valence electrons. The lowest BCUT2D eigenvalue weighted by Crippen LogP contribution is -2.36. The van der Waals surface area contributed by atoms with Crippen LogP contribution in [-0.4, -0.2) is 46.6 Å². The van der Waals surface area contributed by atoms with Crippen LogP contribution in [0.15, 0.2) is 41.7 Å². The normalized spacial score (nSPS) is 16.3. The number of carbonyl (C=O) groups is 1. The van der Waals surface area contributed by atoms with Crippen molar-refractivity contribution in [3.05, 3.63) is 47.8 Å². The van der Waals surface area contributed by atoms with E-state index in [1.165, 1.54) is 0 Å². The number of carbonyl (C=O) groups excluding carboxylic acids is 1. The number of amides is 1. The van der Waals surface area contributed by atoms with Crippen LogP contribution in [0, 0.1) is 0 Å². The van der Waals surface area contributed by atoms with Crippen LogP contribution in [0.25, 0.3) is 0 Å². The Morgan fingerprint density at radius 1 is 1.40 bits per heavy atom. The van der Waals surface area contributed by atoms with Gasteiger partial charge in [0, 0.05) is 31.8 Å². The van der Waals surface area contributed by atoms with E-state index in [0.717, 1.165) is 29.3 Å². The van der Waals surface area contributed by atoms with Crippen molar-refractivity contribution < 1.29 is 14.4 Å². The maximum Gasteiger partial charge on any atom is 0.267 e. The van der Waals surface area contributed by atoms with Gasteiger partial charge in [0.1, 0.15) is 5.75 Å². The molecule has 0 radical (unpaired) electrons. The van der Waals surface area contributed by atoms with Crippen LogP contribution in [0.4, 0.5) is 0 Å². The van der Waals surface area contributed by atoms with Crippen molar-refractivity contribution in [2.75, 3.05) is 14.2 Å². The molecule has 0 saturated carbocycles. The van der Waals surface area contributed by atoms with Gasteiger partial charge in [0.2, 0.25) is 6.10 Å². The Kier molecular flexibility index (Phi) is 5.02. The molecule has 0 N–H and O–H groups in total. The summed E-state index contributed by atoms with van der Waals surface area (Å²) in [6.45, 7) is 3.27. The fourth-order valence-corrected chi connectivity index (χ4v) is 2.90. The van der Waals surface area contributed by atoms with Gasteiger partial charge >= 0.3 is 0 Å². The van der Waals surface area contributed by atoms with Gasteiger partial charge in [0.05, 0.1) is 25.1 Å². The first-order chi connectivity index (χ1) is 12.1. The summed E-state index contributed by atoms with van der Waals surface area (Å²) >= 11 is 0. The minimum absolute atomic E-state index is 0.0995. The molecule has 0 bridgehead atoms. The van der Waals surface area contributed by atoms with Gasteiger partial charge in [0.15, 0.2) is 0 Å². The van der Waals surface area contributed by atoms with Gasteiger partial charge < -0.3 is 14.5 Å². The molecule has 0 spiro atoms. The second kappa shape index (κ2) is 7.38. The van der Waals surface area contributed by atoms with Gasteiger partial charge in [-0.1, -0.05) is 17.3 Å². The van der Waals surface area contributed by atoms with E-state index in [0.29, 0.717) is 13.0 Å².